The molecule has 1 aromatic heterocycles. The molecule has 4 rings (SSSR count). The number of amides is 1. The molecule has 28 heavy (non-hydrogen) atoms. The molecule has 0 atom stereocenters. The van der Waals surface area contributed by atoms with Crippen molar-refractivity contribution in [2.45, 2.75) is 25.7 Å². The number of hydrogen-bond acceptors (Lipinski definition) is 4. The average molecular weight is 406 g/mol. The molecule has 148 valence electrons. The van der Waals surface area contributed by atoms with Crippen molar-refractivity contribution in [3.8, 4) is 17.1 Å². The number of likely N-dealkylation sites (tertiary alicyclic amines) is 1. The fourth-order valence-corrected chi connectivity index (χ4v) is 4.52. The molecule has 1 aliphatic heterocycles. The lowest BCUT2D eigenvalue weighted by atomic mass is 9.58. The maximum Gasteiger partial charge on any atom is 0.407 e. The standard InChI is InChI=1S/C20H21ClFN3O3/c21-16-2-1-14(22)9-15(16)17-3-4-18(24-23-17)28-12-13-10-20(11-13)5-7-25(8-6-20)19(26)27/h1-4,9,13H,5-8,10-12H2,(H,26,27). The molecule has 1 aromatic carbocycles. The van der Waals surface area contributed by atoms with E-state index in [1.807, 2.05) is 0 Å². The van der Waals surface area contributed by atoms with Gasteiger partial charge in [0.05, 0.1) is 17.3 Å². The second-order valence-corrected chi connectivity index (χ2v) is 8.14. The zero-order valence-corrected chi connectivity index (χ0v) is 16.0. The van der Waals surface area contributed by atoms with Crippen LogP contribution in [0.1, 0.15) is 25.7 Å². The van der Waals surface area contributed by atoms with Crippen LogP contribution in [-0.2, 0) is 0 Å². The first kappa shape index (κ1) is 18.9. The highest BCUT2D eigenvalue weighted by molar-refractivity contribution is 6.33. The van der Waals surface area contributed by atoms with Crippen LogP contribution in [0.5, 0.6) is 5.88 Å². The molecule has 0 unspecified atom stereocenters. The van der Waals surface area contributed by atoms with E-state index in [-0.39, 0.29) is 11.2 Å². The highest BCUT2D eigenvalue weighted by Gasteiger charge is 2.46. The summed E-state index contributed by atoms with van der Waals surface area (Å²) in [6.07, 6.45) is 3.16. The second-order valence-electron chi connectivity index (χ2n) is 7.74. The normalized spacial score (nSPS) is 18.7. The Morgan fingerprint density at radius 2 is 2.00 bits per heavy atom. The van der Waals surface area contributed by atoms with Gasteiger partial charge < -0.3 is 14.7 Å². The molecule has 6 nitrogen and oxygen atoms in total. The first-order chi connectivity index (χ1) is 13.4. The third kappa shape index (κ3) is 3.90. The molecule has 2 aliphatic rings. The summed E-state index contributed by atoms with van der Waals surface area (Å²) in [6, 6.07) is 7.55. The Morgan fingerprint density at radius 1 is 1.25 bits per heavy atom. The number of ether oxygens (including phenoxy) is 1. The van der Waals surface area contributed by atoms with Crippen molar-refractivity contribution >= 4 is 17.7 Å². The lowest BCUT2D eigenvalue weighted by molar-refractivity contribution is -0.0261. The monoisotopic (exact) mass is 405 g/mol. The van der Waals surface area contributed by atoms with E-state index in [1.54, 1.807) is 12.1 Å². The summed E-state index contributed by atoms with van der Waals surface area (Å²) in [6.45, 7) is 1.82. The average Bonchev–Trinajstić information content (AvgIpc) is 2.67. The van der Waals surface area contributed by atoms with Gasteiger partial charge in [-0.1, -0.05) is 11.6 Å². The van der Waals surface area contributed by atoms with Gasteiger partial charge in [-0.25, -0.2) is 9.18 Å². The van der Waals surface area contributed by atoms with Gasteiger partial charge in [-0.15, -0.1) is 10.2 Å². The van der Waals surface area contributed by atoms with Crippen LogP contribution in [0.4, 0.5) is 9.18 Å². The van der Waals surface area contributed by atoms with Crippen molar-refractivity contribution in [3.63, 3.8) is 0 Å². The van der Waals surface area contributed by atoms with E-state index in [4.69, 9.17) is 21.4 Å². The van der Waals surface area contributed by atoms with E-state index >= 15 is 0 Å². The molecular weight excluding hydrogens is 385 g/mol. The first-order valence-electron chi connectivity index (χ1n) is 9.34. The van der Waals surface area contributed by atoms with Crippen molar-refractivity contribution in [3.05, 3.63) is 41.2 Å². The summed E-state index contributed by atoms with van der Waals surface area (Å²) in [4.78, 5) is 12.5. The van der Waals surface area contributed by atoms with Gasteiger partial charge >= 0.3 is 6.09 Å². The summed E-state index contributed by atoms with van der Waals surface area (Å²) < 4.78 is 19.2. The Bertz CT molecular complexity index is 861. The lowest BCUT2D eigenvalue weighted by Crippen LogP contribution is -2.49. The van der Waals surface area contributed by atoms with Gasteiger partial charge in [0.25, 0.3) is 0 Å². The van der Waals surface area contributed by atoms with Gasteiger partial charge in [-0.05, 0) is 61.3 Å². The van der Waals surface area contributed by atoms with E-state index in [1.165, 1.54) is 23.1 Å². The maximum atomic E-state index is 13.4. The summed E-state index contributed by atoms with van der Waals surface area (Å²) in [7, 11) is 0. The SMILES string of the molecule is O=C(O)N1CCC2(CC1)CC(COc1ccc(-c3cc(F)ccc3Cl)nn1)C2. The Labute approximate surface area is 167 Å². The van der Waals surface area contributed by atoms with Crippen LogP contribution in [0.25, 0.3) is 11.3 Å². The highest BCUT2D eigenvalue weighted by Crippen LogP contribution is 2.52. The Kier molecular flexibility index (Phi) is 5.10. The zero-order valence-electron chi connectivity index (χ0n) is 15.3. The number of rotatable bonds is 4. The van der Waals surface area contributed by atoms with Gasteiger partial charge in [-0.2, -0.15) is 0 Å². The van der Waals surface area contributed by atoms with Gasteiger partial charge in [0.2, 0.25) is 5.88 Å². The van der Waals surface area contributed by atoms with E-state index in [2.05, 4.69) is 10.2 Å². The number of carbonyl (C=O) groups is 1. The second kappa shape index (κ2) is 7.54. The number of carboxylic acid groups (broad SMARTS) is 1. The van der Waals surface area contributed by atoms with Crippen molar-refractivity contribution in [1.82, 2.24) is 15.1 Å². The zero-order chi connectivity index (χ0) is 19.7. The van der Waals surface area contributed by atoms with Crippen LogP contribution in [-0.4, -0.2) is 46.0 Å². The largest absolute Gasteiger partial charge is 0.476 e. The first-order valence-corrected chi connectivity index (χ1v) is 9.72. The minimum atomic E-state index is -0.824. The van der Waals surface area contributed by atoms with E-state index < -0.39 is 6.09 Å². The molecule has 0 bridgehead atoms. The van der Waals surface area contributed by atoms with Gasteiger partial charge in [0, 0.05) is 24.7 Å². The third-order valence-electron chi connectivity index (χ3n) is 5.85. The molecule has 1 N–H and O–H groups in total. The Balaban J connectivity index is 1.28. The minimum absolute atomic E-state index is 0.281. The van der Waals surface area contributed by atoms with Crippen LogP contribution in [0.2, 0.25) is 5.02 Å². The van der Waals surface area contributed by atoms with Crippen LogP contribution >= 0.6 is 11.6 Å². The summed E-state index contributed by atoms with van der Waals surface area (Å²) in [5.74, 6) is 0.503. The molecular formula is C20H21ClFN3O3. The topological polar surface area (TPSA) is 75.5 Å². The summed E-state index contributed by atoms with van der Waals surface area (Å²) in [5.41, 5.74) is 1.27. The quantitative estimate of drug-likeness (QED) is 0.811. The number of hydrogen-bond donors (Lipinski definition) is 1. The Morgan fingerprint density at radius 3 is 2.64 bits per heavy atom. The van der Waals surface area contributed by atoms with Crippen molar-refractivity contribution in [2.24, 2.45) is 11.3 Å². The minimum Gasteiger partial charge on any atom is -0.476 e. The van der Waals surface area contributed by atoms with Crippen LogP contribution in [0, 0.1) is 17.2 Å². The molecule has 1 saturated carbocycles. The Hall–Kier alpha value is -2.41. The molecule has 1 amide bonds. The molecule has 1 aliphatic carbocycles. The van der Waals surface area contributed by atoms with Gasteiger partial charge in [0.15, 0.2) is 0 Å². The van der Waals surface area contributed by atoms with E-state index in [0.29, 0.717) is 47.8 Å². The predicted octanol–water partition coefficient (Wildman–Crippen LogP) is 4.49. The number of aromatic nitrogens is 2. The molecule has 1 saturated heterocycles. The summed E-state index contributed by atoms with van der Waals surface area (Å²) in [5, 5.41) is 17.6. The fraction of sp³-hybridized carbons (Fsp3) is 0.450. The smallest absolute Gasteiger partial charge is 0.407 e. The van der Waals surface area contributed by atoms with Crippen molar-refractivity contribution in [1.29, 1.82) is 0 Å². The highest BCUT2D eigenvalue weighted by atomic mass is 35.5. The van der Waals surface area contributed by atoms with Gasteiger partial charge in [-0.3, -0.25) is 0 Å². The number of nitrogens with zero attached hydrogens (tertiary/aromatic N) is 3. The molecule has 2 heterocycles. The van der Waals surface area contributed by atoms with Crippen LogP contribution in [0.15, 0.2) is 30.3 Å². The van der Waals surface area contributed by atoms with Crippen LogP contribution < -0.4 is 4.74 Å². The number of piperidine rings is 1. The summed E-state index contributed by atoms with van der Waals surface area (Å²) >= 11 is 6.10. The van der Waals surface area contributed by atoms with E-state index in [9.17, 15) is 9.18 Å². The van der Waals surface area contributed by atoms with Crippen molar-refractivity contribution in [2.75, 3.05) is 19.7 Å². The van der Waals surface area contributed by atoms with Crippen LogP contribution in [0.3, 0.4) is 0 Å². The number of benzene rings is 1. The molecule has 2 fully saturated rings. The molecule has 2 aromatic rings. The maximum absolute atomic E-state index is 13.4. The number of halogens is 2. The van der Waals surface area contributed by atoms with Crippen molar-refractivity contribution < 1.29 is 19.0 Å². The molecule has 8 heteroatoms. The fourth-order valence-electron chi connectivity index (χ4n) is 4.30. The third-order valence-corrected chi connectivity index (χ3v) is 6.18. The lowest BCUT2D eigenvalue weighted by Gasteiger charge is -2.51. The molecule has 0 radical (unpaired) electrons. The van der Waals surface area contributed by atoms with Gasteiger partial charge in [0.1, 0.15) is 5.82 Å². The predicted molar refractivity (Wildman–Crippen MR) is 102 cm³/mol. The van der Waals surface area contributed by atoms with E-state index in [0.717, 1.165) is 25.7 Å². The molecule has 1 spiro atoms.